The first-order valence-corrected chi connectivity index (χ1v) is 9.05. The van der Waals surface area contributed by atoms with Gasteiger partial charge in [-0.25, -0.2) is 9.37 Å². The number of imidazole rings is 1. The number of carbonyl (C=O) groups is 2. The number of hydrogen-bond acceptors (Lipinski definition) is 4. The minimum atomic E-state index is -0.513. The van der Waals surface area contributed by atoms with Crippen LogP contribution in [0, 0.1) is 5.82 Å². The van der Waals surface area contributed by atoms with Gasteiger partial charge in [0.15, 0.2) is 11.5 Å². The summed E-state index contributed by atoms with van der Waals surface area (Å²) >= 11 is 0. The molecule has 8 heteroatoms. The van der Waals surface area contributed by atoms with Crippen LogP contribution in [0.25, 0.3) is 0 Å². The lowest BCUT2D eigenvalue weighted by Gasteiger charge is -2.17. The lowest BCUT2D eigenvalue weighted by Crippen LogP contribution is -2.33. The molecule has 0 unspecified atom stereocenters. The minimum Gasteiger partial charge on any atom is -0.348 e. The average Bonchev–Trinajstić information content (AvgIpc) is 3.03. The molecule has 1 aromatic heterocycles. The smallest absolute Gasteiger partial charge is 0.287 e. The molecule has 0 saturated heterocycles. The highest BCUT2D eigenvalue weighted by atomic mass is 19.1. The Bertz CT molecular complexity index is 847. The van der Waals surface area contributed by atoms with E-state index in [9.17, 15) is 14.0 Å². The molecule has 7 nitrogen and oxygen atoms in total. The number of amides is 2. The first kappa shape index (κ1) is 19.0. The van der Waals surface area contributed by atoms with Crippen molar-refractivity contribution in [2.24, 2.45) is 0 Å². The number of hydrogen-bond donors (Lipinski definition) is 2. The fourth-order valence-electron chi connectivity index (χ4n) is 3.11. The summed E-state index contributed by atoms with van der Waals surface area (Å²) in [4.78, 5) is 31.5. The fourth-order valence-corrected chi connectivity index (χ4v) is 3.11. The second kappa shape index (κ2) is 8.30. The number of nitrogens with one attached hydrogen (secondary N) is 2. The van der Waals surface area contributed by atoms with Gasteiger partial charge in [-0.15, -0.1) is 0 Å². The van der Waals surface area contributed by atoms with Gasteiger partial charge in [0.05, 0.1) is 11.4 Å². The van der Waals surface area contributed by atoms with E-state index in [1.54, 1.807) is 12.1 Å². The maximum atomic E-state index is 13.8. The van der Waals surface area contributed by atoms with Gasteiger partial charge in [0, 0.05) is 19.6 Å². The highest BCUT2D eigenvalue weighted by Crippen LogP contribution is 2.22. The van der Waals surface area contributed by atoms with Crippen molar-refractivity contribution in [3.63, 3.8) is 0 Å². The van der Waals surface area contributed by atoms with Gasteiger partial charge >= 0.3 is 0 Å². The second-order valence-electron chi connectivity index (χ2n) is 6.83. The number of halogens is 1. The van der Waals surface area contributed by atoms with Gasteiger partial charge in [-0.2, -0.15) is 0 Å². The zero-order valence-corrected chi connectivity index (χ0v) is 15.6. The summed E-state index contributed by atoms with van der Waals surface area (Å²) in [6.07, 6.45) is 2.51. The number of fused-ring (bicyclic) bond motifs is 1. The van der Waals surface area contributed by atoms with Gasteiger partial charge in [0.2, 0.25) is 0 Å². The Kier molecular flexibility index (Phi) is 5.85. The van der Waals surface area contributed by atoms with Crippen molar-refractivity contribution in [3.8, 4) is 0 Å². The molecule has 27 heavy (non-hydrogen) atoms. The molecule has 2 N–H and O–H groups in total. The van der Waals surface area contributed by atoms with Crippen molar-refractivity contribution < 1.29 is 14.0 Å². The summed E-state index contributed by atoms with van der Waals surface area (Å²) < 4.78 is 15.6. The maximum Gasteiger partial charge on any atom is 0.287 e. The van der Waals surface area contributed by atoms with E-state index in [1.165, 1.54) is 12.1 Å². The van der Waals surface area contributed by atoms with Gasteiger partial charge in [0.25, 0.3) is 11.8 Å². The van der Waals surface area contributed by atoms with Crippen LogP contribution in [-0.2, 0) is 13.0 Å². The predicted octanol–water partition coefficient (Wildman–Crippen LogP) is 1.90. The Balaban J connectivity index is 1.83. The molecule has 0 aliphatic carbocycles. The van der Waals surface area contributed by atoms with Gasteiger partial charge < -0.3 is 20.1 Å². The predicted molar refractivity (Wildman–Crippen MR) is 100 cm³/mol. The highest BCUT2D eigenvalue weighted by molar-refractivity contribution is 6.05. The Hall–Kier alpha value is -2.74. The molecule has 0 saturated carbocycles. The third kappa shape index (κ3) is 4.33. The fraction of sp³-hybridized carbons (Fsp3) is 0.421. The molecule has 3 rings (SSSR count). The van der Waals surface area contributed by atoms with E-state index >= 15 is 0 Å². The first-order valence-electron chi connectivity index (χ1n) is 9.05. The average molecular weight is 373 g/mol. The number of benzene rings is 1. The van der Waals surface area contributed by atoms with Crippen LogP contribution in [0.5, 0.6) is 0 Å². The lowest BCUT2D eigenvalue weighted by molar-refractivity contribution is 0.0935. The topological polar surface area (TPSA) is 79.3 Å². The van der Waals surface area contributed by atoms with Crippen molar-refractivity contribution in [1.82, 2.24) is 19.8 Å². The molecule has 0 atom stereocenters. The van der Waals surface area contributed by atoms with Gasteiger partial charge in [-0.3, -0.25) is 9.59 Å². The Morgan fingerprint density at radius 1 is 1.22 bits per heavy atom. The van der Waals surface area contributed by atoms with E-state index < -0.39 is 11.7 Å². The Morgan fingerprint density at radius 2 is 2.00 bits per heavy atom. The molecule has 0 radical (unpaired) electrons. The van der Waals surface area contributed by atoms with Crippen LogP contribution in [0.15, 0.2) is 24.3 Å². The molecular formula is C19H24FN5O2. The Morgan fingerprint density at radius 3 is 2.74 bits per heavy atom. The van der Waals surface area contributed by atoms with E-state index in [0.29, 0.717) is 26.1 Å². The molecule has 144 valence electrons. The molecule has 0 spiro atoms. The standard InChI is InChI=1S/C19H24FN5O2/c1-24(2)12-10-21-19(27)17-23-16(15-9-5-6-11-25(15)17)18(26)22-14-8-4-3-7-13(14)20/h3-4,7-8H,5-6,9-12H2,1-2H3,(H,21,27)(H,22,26). The van der Waals surface area contributed by atoms with Crippen LogP contribution in [0.4, 0.5) is 10.1 Å². The molecule has 1 aliphatic rings. The molecule has 0 fully saturated rings. The number of para-hydroxylation sites is 1. The van der Waals surface area contributed by atoms with Crippen molar-refractivity contribution in [3.05, 3.63) is 47.3 Å². The summed E-state index contributed by atoms with van der Waals surface area (Å²) in [6, 6.07) is 5.97. The number of rotatable bonds is 6. The molecule has 1 aliphatic heterocycles. The normalized spacial score (nSPS) is 13.3. The van der Waals surface area contributed by atoms with Crippen molar-refractivity contribution >= 4 is 17.5 Å². The third-order valence-corrected chi connectivity index (χ3v) is 4.50. The Labute approximate surface area is 157 Å². The van der Waals surface area contributed by atoms with Gasteiger partial charge in [-0.1, -0.05) is 12.1 Å². The number of likely N-dealkylation sites (N-methyl/N-ethyl adjacent to an activating group) is 1. The molecule has 2 amide bonds. The highest BCUT2D eigenvalue weighted by Gasteiger charge is 2.27. The van der Waals surface area contributed by atoms with Crippen molar-refractivity contribution in [2.45, 2.75) is 25.8 Å². The zero-order valence-electron chi connectivity index (χ0n) is 15.6. The van der Waals surface area contributed by atoms with Crippen LogP contribution in [-0.4, -0.2) is 53.5 Å². The SMILES string of the molecule is CN(C)CCNC(=O)c1nc(C(=O)Nc2ccccc2F)c2n1CCCC2. The van der Waals surface area contributed by atoms with E-state index in [4.69, 9.17) is 0 Å². The van der Waals surface area contributed by atoms with Gasteiger partial charge in [0.1, 0.15) is 5.82 Å². The maximum absolute atomic E-state index is 13.8. The van der Waals surface area contributed by atoms with Gasteiger partial charge in [-0.05, 0) is 45.5 Å². The number of aromatic nitrogens is 2. The van der Waals surface area contributed by atoms with Crippen LogP contribution < -0.4 is 10.6 Å². The largest absolute Gasteiger partial charge is 0.348 e. The minimum absolute atomic E-state index is 0.0945. The number of anilines is 1. The van der Waals surface area contributed by atoms with E-state index in [1.807, 2.05) is 23.6 Å². The van der Waals surface area contributed by atoms with Crippen LogP contribution in [0.3, 0.4) is 0 Å². The van der Waals surface area contributed by atoms with Crippen LogP contribution in [0.1, 0.15) is 39.6 Å². The zero-order chi connectivity index (χ0) is 19.4. The van der Waals surface area contributed by atoms with E-state index in [0.717, 1.165) is 18.5 Å². The lowest BCUT2D eigenvalue weighted by atomic mass is 10.1. The number of nitrogens with zero attached hydrogens (tertiary/aromatic N) is 3. The molecular weight excluding hydrogens is 349 g/mol. The molecule has 2 heterocycles. The van der Waals surface area contributed by atoms with Crippen LogP contribution in [0.2, 0.25) is 0 Å². The summed E-state index contributed by atoms with van der Waals surface area (Å²) in [5.74, 6) is -1.08. The van der Waals surface area contributed by atoms with Crippen LogP contribution >= 0.6 is 0 Å². The monoisotopic (exact) mass is 373 g/mol. The van der Waals surface area contributed by atoms with Crippen molar-refractivity contribution in [1.29, 1.82) is 0 Å². The number of carbonyl (C=O) groups excluding carboxylic acids is 2. The molecule has 2 aromatic rings. The first-order chi connectivity index (χ1) is 13.0. The summed E-state index contributed by atoms with van der Waals surface area (Å²) in [5, 5.41) is 5.39. The van der Waals surface area contributed by atoms with E-state index in [-0.39, 0.29) is 23.1 Å². The summed E-state index contributed by atoms with van der Waals surface area (Å²) in [5.41, 5.74) is 1.01. The molecule has 1 aromatic carbocycles. The quantitative estimate of drug-likeness (QED) is 0.811. The summed E-state index contributed by atoms with van der Waals surface area (Å²) in [6.45, 7) is 1.84. The van der Waals surface area contributed by atoms with Crippen molar-refractivity contribution in [2.75, 3.05) is 32.5 Å². The molecule has 0 bridgehead atoms. The second-order valence-corrected chi connectivity index (χ2v) is 6.83. The van der Waals surface area contributed by atoms with E-state index in [2.05, 4.69) is 15.6 Å². The summed E-state index contributed by atoms with van der Waals surface area (Å²) in [7, 11) is 3.85. The third-order valence-electron chi connectivity index (χ3n) is 4.50.